The molecule has 1 unspecified atom stereocenters. The summed E-state index contributed by atoms with van der Waals surface area (Å²) in [6.07, 6.45) is 9.51. The fourth-order valence-electron chi connectivity index (χ4n) is 6.57. The van der Waals surface area contributed by atoms with E-state index >= 15 is 0 Å². The summed E-state index contributed by atoms with van der Waals surface area (Å²) in [5.74, 6) is 0.0216. The summed E-state index contributed by atoms with van der Waals surface area (Å²) in [6, 6.07) is 24.3. The van der Waals surface area contributed by atoms with Gasteiger partial charge in [0.25, 0.3) is 0 Å². The number of unbranched alkanes of at least 4 members (excludes halogenated alkanes) is 4. The van der Waals surface area contributed by atoms with Crippen molar-refractivity contribution in [2.24, 2.45) is 0 Å². The third-order valence-electron chi connectivity index (χ3n) is 9.55. The summed E-state index contributed by atoms with van der Waals surface area (Å²) in [4.78, 5) is 0.490. The predicted octanol–water partition coefficient (Wildman–Crippen LogP) is 7.04. The summed E-state index contributed by atoms with van der Waals surface area (Å²) >= 11 is 0. The highest BCUT2D eigenvalue weighted by atomic mass is 32.2. The van der Waals surface area contributed by atoms with Crippen LogP contribution in [0.3, 0.4) is 0 Å². The number of aliphatic hydroxyl groups excluding tert-OH is 2. The largest absolute Gasteiger partial charge is 0.392 e. The van der Waals surface area contributed by atoms with E-state index in [1.165, 1.54) is 12.1 Å². The van der Waals surface area contributed by atoms with E-state index in [9.17, 15) is 27.0 Å². The van der Waals surface area contributed by atoms with Crippen molar-refractivity contribution in [2.45, 2.75) is 98.4 Å². The van der Waals surface area contributed by atoms with Gasteiger partial charge in [-0.05, 0) is 110 Å². The number of sulfone groups is 1. The Morgan fingerprint density at radius 1 is 0.745 bits per heavy atom. The lowest BCUT2D eigenvalue weighted by Gasteiger charge is -2.16. The molecule has 51 heavy (non-hydrogen) atoms. The molecule has 5 rings (SSSR count). The second-order valence-corrected chi connectivity index (χ2v) is 17.1. The third kappa shape index (κ3) is 11.1. The predicted molar refractivity (Wildman–Crippen MR) is 200 cm³/mol. The molecule has 1 aliphatic carbocycles. The third-order valence-corrected chi connectivity index (χ3v) is 13.0. The summed E-state index contributed by atoms with van der Waals surface area (Å²) in [5.41, 5.74) is 1.90. The maximum Gasteiger partial charge on any atom is 0.339 e. The second kappa shape index (κ2) is 19.0. The van der Waals surface area contributed by atoms with E-state index in [0.29, 0.717) is 23.6 Å². The molecule has 0 heterocycles. The topological polar surface area (TPSA) is 139 Å². The van der Waals surface area contributed by atoms with Crippen LogP contribution in [0.25, 0.3) is 10.8 Å². The Labute approximate surface area is 303 Å². The number of aliphatic hydroxyl groups is 2. The zero-order valence-corrected chi connectivity index (χ0v) is 30.8. The standard InChI is InChI=1S/C40H51NO8S2/c42-30-35-27-34(20-22-40(35)49-51(46,47)38-21-19-32-14-3-4-15-33(32)28-38)39(43)29-41-23-8-1-2-9-24-48-25-10-7-12-31-13-11-18-37(26-31)50(44,45)36-16-5-6-17-36/h3-4,11,13-15,18-22,26-28,36,39,41-43H,1-2,5-10,12,16-17,23-25,29-30H2. The number of hydrogen-bond donors (Lipinski definition) is 3. The summed E-state index contributed by atoms with van der Waals surface area (Å²) in [7, 11) is -7.35. The normalized spacial score (nSPS) is 14.6. The molecule has 3 N–H and O–H groups in total. The van der Waals surface area contributed by atoms with Gasteiger partial charge in [0.1, 0.15) is 10.6 Å². The Balaban J connectivity index is 0.922. The number of rotatable bonds is 21. The number of aryl methyl sites for hydroxylation is 1. The molecular weight excluding hydrogens is 687 g/mol. The minimum absolute atomic E-state index is 0.0202. The number of benzene rings is 4. The van der Waals surface area contributed by atoms with Crippen molar-refractivity contribution in [3.63, 3.8) is 0 Å². The highest BCUT2D eigenvalue weighted by Crippen LogP contribution is 2.31. The summed E-state index contributed by atoms with van der Waals surface area (Å²) in [5, 5.41) is 25.4. The maximum absolute atomic E-state index is 13.0. The Hall–Kier alpha value is -3.32. The number of nitrogens with one attached hydrogen (secondary N) is 1. The molecule has 0 saturated heterocycles. The van der Waals surface area contributed by atoms with Crippen LogP contribution in [0.4, 0.5) is 0 Å². The Bertz CT molecular complexity index is 1920. The average molecular weight is 738 g/mol. The summed E-state index contributed by atoms with van der Waals surface area (Å²) < 4.78 is 63.0. The molecular formula is C40H51NO8S2. The van der Waals surface area contributed by atoms with E-state index in [0.717, 1.165) is 100 Å². The Kier molecular flexibility index (Phi) is 14.5. The molecule has 0 spiro atoms. The maximum atomic E-state index is 13.0. The summed E-state index contributed by atoms with van der Waals surface area (Å²) in [6.45, 7) is 2.05. The number of fused-ring (bicyclic) bond motifs is 1. The van der Waals surface area contributed by atoms with E-state index in [1.807, 2.05) is 42.5 Å². The van der Waals surface area contributed by atoms with Crippen molar-refractivity contribution in [3.8, 4) is 5.75 Å². The van der Waals surface area contributed by atoms with Gasteiger partial charge in [0.05, 0.1) is 22.9 Å². The van der Waals surface area contributed by atoms with Crippen LogP contribution in [0.2, 0.25) is 0 Å². The van der Waals surface area contributed by atoms with Crippen LogP contribution >= 0.6 is 0 Å². The van der Waals surface area contributed by atoms with Crippen molar-refractivity contribution >= 4 is 30.7 Å². The fourth-order valence-corrected chi connectivity index (χ4v) is 9.49. The van der Waals surface area contributed by atoms with Gasteiger partial charge in [-0.15, -0.1) is 0 Å². The molecule has 1 aliphatic rings. The molecule has 4 aromatic rings. The van der Waals surface area contributed by atoms with E-state index in [4.69, 9.17) is 8.92 Å². The Morgan fingerprint density at radius 2 is 1.49 bits per heavy atom. The van der Waals surface area contributed by atoms with Gasteiger partial charge >= 0.3 is 10.1 Å². The van der Waals surface area contributed by atoms with Gasteiger partial charge in [0.2, 0.25) is 0 Å². The van der Waals surface area contributed by atoms with Crippen molar-refractivity contribution < 1.29 is 36.0 Å². The zero-order chi connectivity index (χ0) is 36.1. The molecule has 0 radical (unpaired) electrons. The zero-order valence-electron chi connectivity index (χ0n) is 29.2. The van der Waals surface area contributed by atoms with Crippen LogP contribution in [-0.4, -0.2) is 58.6 Å². The van der Waals surface area contributed by atoms with Crippen LogP contribution in [-0.2, 0) is 37.7 Å². The number of ether oxygens (including phenoxy) is 1. The first-order valence-corrected chi connectivity index (χ1v) is 21.1. The van der Waals surface area contributed by atoms with Crippen LogP contribution in [0, 0.1) is 0 Å². The Morgan fingerprint density at radius 3 is 2.27 bits per heavy atom. The van der Waals surface area contributed by atoms with Crippen LogP contribution in [0.1, 0.15) is 87.0 Å². The first-order chi connectivity index (χ1) is 24.7. The van der Waals surface area contributed by atoms with Gasteiger partial charge in [0, 0.05) is 25.3 Å². The fraction of sp³-hybridized carbons (Fsp3) is 0.450. The minimum Gasteiger partial charge on any atom is -0.392 e. The lowest BCUT2D eigenvalue weighted by molar-refractivity contribution is 0.126. The van der Waals surface area contributed by atoms with Crippen molar-refractivity contribution in [2.75, 3.05) is 26.3 Å². The van der Waals surface area contributed by atoms with E-state index in [2.05, 4.69) is 5.32 Å². The minimum atomic E-state index is -4.13. The first kappa shape index (κ1) is 38.9. The molecule has 1 fully saturated rings. The van der Waals surface area contributed by atoms with Gasteiger partial charge < -0.3 is 24.4 Å². The van der Waals surface area contributed by atoms with Gasteiger partial charge in [-0.3, -0.25) is 0 Å². The molecule has 0 bridgehead atoms. The second-order valence-electron chi connectivity index (χ2n) is 13.4. The van der Waals surface area contributed by atoms with Crippen molar-refractivity contribution in [1.29, 1.82) is 0 Å². The SMILES string of the molecule is O=S(=O)(Oc1ccc(C(O)CNCCCCCCOCCCCc2cccc(S(=O)(=O)C3CCCC3)c2)cc1CO)c1ccc2ccccc2c1. The molecule has 0 aromatic heterocycles. The van der Waals surface area contributed by atoms with Crippen LogP contribution in [0.15, 0.2) is 94.7 Å². The number of hydrogen-bond acceptors (Lipinski definition) is 9. The van der Waals surface area contributed by atoms with Crippen LogP contribution in [0.5, 0.6) is 5.75 Å². The lowest BCUT2D eigenvalue weighted by Crippen LogP contribution is -2.22. The molecule has 0 aliphatic heterocycles. The highest BCUT2D eigenvalue weighted by molar-refractivity contribution is 7.92. The molecule has 0 amide bonds. The van der Waals surface area contributed by atoms with Crippen molar-refractivity contribution in [3.05, 3.63) is 102 Å². The van der Waals surface area contributed by atoms with Crippen molar-refractivity contribution in [1.82, 2.24) is 5.32 Å². The van der Waals surface area contributed by atoms with E-state index < -0.39 is 32.7 Å². The molecule has 11 heteroatoms. The van der Waals surface area contributed by atoms with Gasteiger partial charge in [-0.25, -0.2) is 8.42 Å². The first-order valence-electron chi connectivity index (χ1n) is 18.1. The molecule has 9 nitrogen and oxygen atoms in total. The van der Waals surface area contributed by atoms with Gasteiger partial charge in [-0.2, -0.15) is 8.42 Å². The van der Waals surface area contributed by atoms with Gasteiger partial charge in [-0.1, -0.05) is 74.2 Å². The molecule has 4 aromatic carbocycles. The average Bonchev–Trinajstić information content (AvgIpc) is 3.70. The smallest absolute Gasteiger partial charge is 0.339 e. The van der Waals surface area contributed by atoms with Gasteiger partial charge in [0.15, 0.2) is 9.84 Å². The van der Waals surface area contributed by atoms with Crippen LogP contribution < -0.4 is 9.50 Å². The quantitative estimate of drug-likeness (QED) is 0.0607. The molecule has 276 valence electrons. The highest BCUT2D eigenvalue weighted by Gasteiger charge is 2.30. The van der Waals surface area contributed by atoms with E-state index in [-0.39, 0.29) is 21.5 Å². The lowest BCUT2D eigenvalue weighted by atomic mass is 10.1. The molecule has 1 saturated carbocycles. The molecule has 1 atom stereocenters. The van der Waals surface area contributed by atoms with E-state index in [1.54, 1.807) is 30.3 Å². The monoisotopic (exact) mass is 737 g/mol.